The Morgan fingerprint density at radius 1 is 1.47 bits per heavy atom. The molecule has 1 saturated carbocycles. The molecule has 2 atom stereocenters. The van der Waals surface area contributed by atoms with Crippen molar-refractivity contribution in [3.63, 3.8) is 0 Å². The molecule has 2 heterocycles. The van der Waals surface area contributed by atoms with Crippen LogP contribution in [0.2, 0.25) is 0 Å². The Morgan fingerprint density at radius 2 is 2.33 bits per heavy atom. The van der Waals surface area contributed by atoms with Gasteiger partial charge in [0.1, 0.15) is 11.8 Å². The lowest BCUT2D eigenvalue weighted by atomic mass is 10.4. The van der Waals surface area contributed by atoms with Gasteiger partial charge in [0.15, 0.2) is 11.5 Å². The molecule has 0 aromatic carbocycles. The SMILES string of the molecule is Nc1ncnc2c1ncn2[C@@H]1C[C@H]1CO. The molecule has 1 aliphatic rings. The van der Waals surface area contributed by atoms with Crippen LogP contribution in [0.3, 0.4) is 0 Å². The van der Waals surface area contributed by atoms with Crippen molar-refractivity contribution in [2.24, 2.45) is 5.92 Å². The van der Waals surface area contributed by atoms with E-state index < -0.39 is 0 Å². The Balaban J connectivity index is 2.10. The predicted molar refractivity (Wildman–Crippen MR) is 54.0 cm³/mol. The summed E-state index contributed by atoms with van der Waals surface area (Å²) in [6.07, 6.45) is 4.13. The molecule has 0 amide bonds. The van der Waals surface area contributed by atoms with Crippen LogP contribution in [-0.4, -0.2) is 31.2 Å². The molecular formula is C9H11N5O. The minimum atomic E-state index is 0.213. The number of rotatable bonds is 2. The lowest BCUT2D eigenvalue weighted by molar-refractivity contribution is 0.269. The minimum absolute atomic E-state index is 0.213. The summed E-state index contributed by atoms with van der Waals surface area (Å²) in [5.74, 6) is 0.735. The van der Waals surface area contributed by atoms with Gasteiger partial charge in [-0.2, -0.15) is 0 Å². The van der Waals surface area contributed by atoms with Gasteiger partial charge in [0.25, 0.3) is 0 Å². The molecule has 2 aromatic rings. The average molecular weight is 205 g/mol. The molecule has 1 aliphatic carbocycles. The maximum Gasteiger partial charge on any atom is 0.165 e. The summed E-state index contributed by atoms with van der Waals surface area (Å²) in [5, 5.41) is 9.01. The highest BCUT2D eigenvalue weighted by Crippen LogP contribution is 2.43. The van der Waals surface area contributed by atoms with Crippen LogP contribution < -0.4 is 5.73 Å². The van der Waals surface area contributed by atoms with Gasteiger partial charge in [0.05, 0.1) is 6.33 Å². The zero-order chi connectivity index (χ0) is 10.4. The Kier molecular flexibility index (Phi) is 1.66. The fourth-order valence-corrected chi connectivity index (χ4v) is 1.88. The monoisotopic (exact) mass is 205 g/mol. The van der Waals surface area contributed by atoms with Crippen molar-refractivity contribution in [2.75, 3.05) is 12.3 Å². The number of aliphatic hydroxyl groups excluding tert-OH is 1. The van der Waals surface area contributed by atoms with E-state index in [0.29, 0.717) is 23.3 Å². The number of imidazole rings is 1. The molecule has 0 saturated heterocycles. The lowest BCUT2D eigenvalue weighted by Gasteiger charge is -2.00. The molecule has 0 aliphatic heterocycles. The van der Waals surface area contributed by atoms with Crippen molar-refractivity contribution in [1.82, 2.24) is 19.5 Å². The number of nitrogen functional groups attached to an aromatic ring is 1. The average Bonchev–Trinajstić information content (AvgIpc) is 2.90. The first-order valence-corrected chi connectivity index (χ1v) is 4.85. The topological polar surface area (TPSA) is 89.9 Å². The molecule has 3 rings (SSSR count). The predicted octanol–water partition coefficient (Wildman–Crippen LogP) is -0.0382. The highest BCUT2D eigenvalue weighted by atomic mass is 16.3. The van der Waals surface area contributed by atoms with Crippen LogP contribution in [-0.2, 0) is 0 Å². The number of fused-ring (bicyclic) bond motifs is 1. The first-order chi connectivity index (χ1) is 7.31. The second-order valence-corrected chi connectivity index (χ2v) is 3.83. The molecule has 0 bridgehead atoms. The van der Waals surface area contributed by atoms with Crippen molar-refractivity contribution in [2.45, 2.75) is 12.5 Å². The summed E-state index contributed by atoms with van der Waals surface area (Å²) in [7, 11) is 0. The molecule has 2 aromatic heterocycles. The van der Waals surface area contributed by atoms with E-state index in [2.05, 4.69) is 15.0 Å². The number of nitrogens with zero attached hydrogens (tertiary/aromatic N) is 4. The highest BCUT2D eigenvalue weighted by molar-refractivity contribution is 5.81. The normalized spacial score (nSPS) is 24.6. The molecule has 78 valence electrons. The molecular weight excluding hydrogens is 194 g/mol. The summed E-state index contributed by atoms with van der Waals surface area (Å²) in [6.45, 7) is 0.213. The largest absolute Gasteiger partial charge is 0.396 e. The molecule has 6 nitrogen and oxygen atoms in total. The Hall–Kier alpha value is -1.69. The Bertz CT molecular complexity index is 508. The number of aromatic nitrogens is 4. The smallest absolute Gasteiger partial charge is 0.165 e. The van der Waals surface area contributed by atoms with Gasteiger partial charge >= 0.3 is 0 Å². The van der Waals surface area contributed by atoms with E-state index in [1.807, 2.05) is 4.57 Å². The van der Waals surface area contributed by atoms with Gasteiger partial charge in [-0.3, -0.25) is 0 Å². The maximum atomic E-state index is 9.01. The van der Waals surface area contributed by atoms with Crippen LogP contribution >= 0.6 is 0 Å². The van der Waals surface area contributed by atoms with Crippen LogP contribution in [0.15, 0.2) is 12.7 Å². The molecule has 1 fully saturated rings. The number of hydrogen-bond acceptors (Lipinski definition) is 5. The molecule has 15 heavy (non-hydrogen) atoms. The van der Waals surface area contributed by atoms with Gasteiger partial charge < -0.3 is 15.4 Å². The molecule has 3 N–H and O–H groups in total. The molecule has 0 spiro atoms. The zero-order valence-corrected chi connectivity index (χ0v) is 8.04. The number of aliphatic hydroxyl groups is 1. The standard InChI is InChI=1S/C9H11N5O/c10-8-7-9(12-3-11-8)14(4-13-7)6-1-5(6)2-15/h3-6,15H,1-2H2,(H2,10,11,12)/t5-,6+/m0/s1. The van der Waals surface area contributed by atoms with Crippen LogP contribution in [0, 0.1) is 5.92 Å². The highest BCUT2D eigenvalue weighted by Gasteiger charge is 2.39. The quantitative estimate of drug-likeness (QED) is 0.718. The second kappa shape index (κ2) is 2.90. The van der Waals surface area contributed by atoms with E-state index >= 15 is 0 Å². The minimum Gasteiger partial charge on any atom is -0.396 e. The van der Waals surface area contributed by atoms with Gasteiger partial charge in [0, 0.05) is 18.6 Å². The Morgan fingerprint density at radius 3 is 3.07 bits per heavy atom. The second-order valence-electron chi connectivity index (χ2n) is 3.83. The van der Waals surface area contributed by atoms with Gasteiger partial charge in [-0.05, 0) is 6.42 Å². The summed E-state index contributed by atoms with van der Waals surface area (Å²) in [5.41, 5.74) is 7.07. The van der Waals surface area contributed by atoms with Crippen LogP contribution in [0.25, 0.3) is 11.2 Å². The van der Waals surface area contributed by atoms with Gasteiger partial charge in [-0.25, -0.2) is 15.0 Å². The number of anilines is 1. The molecule has 6 heteroatoms. The van der Waals surface area contributed by atoms with Gasteiger partial charge in [0.2, 0.25) is 0 Å². The maximum absolute atomic E-state index is 9.01. The van der Waals surface area contributed by atoms with E-state index in [-0.39, 0.29) is 6.61 Å². The van der Waals surface area contributed by atoms with Crippen molar-refractivity contribution >= 4 is 17.0 Å². The number of hydrogen-bond donors (Lipinski definition) is 2. The van der Waals surface area contributed by atoms with Crippen molar-refractivity contribution in [3.05, 3.63) is 12.7 Å². The summed E-state index contributed by atoms with van der Waals surface area (Å²) in [6, 6.07) is 0.314. The number of nitrogens with two attached hydrogens (primary N) is 1. The van der Waals surface area contributed by atoms with E-state index in [0.717, 1.165) is 12.1 Å². The van der Waals surface area contributed by atoms with E-state index in [1.165, 1.54) is 6.33 Å². The lowest BCUT2D eigenvalue weighted by Crippen LogP contribution is -1.99. The molecule has 0 radical (unpaired) electrons. The summed E-state index contributed by atoms with van der Waals surface area (Å²) >= 11 is 0. The fourth-order valence-electron chi connectivity index (χ4n) is 1.88. The van der Waals surface area contributed by atoms with Gasteiger partial charge in [-0.15, -0.1) is 0 Å². The van der Waals surface area contributed by atoms with E-state index in [4.69, 9.17) is 10.8 Å². The molecule has 0 unspecified atom stereocenters. The van der Waals surface area contributed by atoms with E-state index in [1.54, 1.807) is 6.33 Å². The first-order valence-electron chi connectivity index (χ1n) is 4.85. The van der Waals surface area contributed by atoms with Crippen molar-refractivity contribution in [1.29, 1.82) is 0 Å². The van der Waals surface area contributed by atoms with Crippen molar-refractivity contribution in [3.8, 4) is 0 Å². The first kappa shape index (κ1) is 8.60. The van der Waals surface area contributed by atoms with Crippen LogP contribution in [0.5, 0.6) is 0 Å². The zero-order valence-electron chi connectivity index (χ0n) is 8.04. The van der Waals surface area contributed by atoms with Gasteiger partial charge in [-0.1, -0.05) is 0 Å². The van der Waals surface area contributed by atoms with Crippen LogP contribution in [0.4, 0.5) is 5.82 Å². The third-order valence-corrected chi connectivity index (χ3v) is 2.86. The Labute approximate surface area is 85.8 Å². The third kappa shape index (κ3) is 1.18. The third-order valence-electron chi connectivity index (χ3n) is 2.86. The summed E-state index contributed by atoms with van der Waals surface area (Å²) in [4.78, 5) is 12.2. The van der Waals surface area contributed by atoms with Crippen molar-refractivity contribution < 1.29 is 5.11 Å². The fraction of sp³-hybridized carbons (Fsp3) is 0.444. The summed E-state index contributed by atoms with van der Waals surface area (Å²) < 4.78 is 1.97. The van der Waals surface area contributed by atoms with Crippen LogP contribution in [0.1, 0.15) is 12.5 Å². The van der Waals surface area contributed by atoms with E-state index in [9.17, 15) is 0 Å².